The van der Waals surface area contributed by atoms with Crippen LogP contribution >= 0.6 is 0 Å². The average molecular weight is 314 g/mol. The summed E-state index contributed by atoms with van der Waals surface area (Å²) >= 11 is 0. The summed E-state index contributed by atoms with van der Waals surface area (Å²) in [5.74, 6) is 0.816. The van der Waals surface area contributed by atoms with Gasteiger partial charge in [-0.25, -0.2) is 0 Å². The number of nitrogens with one attached hydrogen (secondary N) is 2. The SMILES string of the molecule is CN=C(NCCCOCC1CCCO1)NCCC(=O)N(C)C. The van der Waals surface area contributed by atoms with Crippen LogP contribution in [0.2, 0.25) is 0 Å². The molecule has 0 aromatic rings. The third-order valence-corrected chi connectivity index (χ3v) is 3.44. The van der Waals surface area contributed by atoms with Crippen molar-refractivity contribution >= 4 is 11.9 Å². The van der Waals surface area contributed by atoms with Crippen molar-refractivity contribution in [2.24, 2.45) is 4.99 Å². The van der Waals surface area contributed by atoms with Crippen LogP contribution in [0.1, 0.15) is 25.7 Å². The fourth-order valence-electron chi connectivity index (χ4n) is 2.10. The minimum Gasteiger partial charge on any atom is -0.379 e. The van der Waals surface area contributed by atoms with Crippen molar-refractivity contribution in [2.75, 3.05) is 54.1 Å². The summed E-state index contributed by atoms with van der Waals surface area (Å²) in [6, 6.07) is 0. The van der Waals surface area contributed by atoms with E-state index in [9.17, 15) is 4.79 Å². The standard InChI is InChI=1S/C15H30N4O3/c1-16-15(18-9-7-14(20)19(2)3)17-8-5-10-21-12-13-6-4-11-22-13/h13H,4-12H2,1-3H3,(H2,16,17,18). The number of hydrogen-bond donors (Lipinski definition) is 2. The quantitative estimate of drug-likeness (QED) is 0.362. The van der Waals surface area contributed by atoms with E-state index in [1.807, 2.05) is 0 Å². The van der Waals surface area contributed by atoms with Crippen molar-refractivity contribution in [3.63, 3.8) is 0 Å². The molecule has 1 saturated heterocycles. The van der Waals surface area contributed by atoms with Crippen LogP contribution < -0.4 is 10.6 Å². The Labute approximate surface area is 133 Å². The topological polar surface area (TPSA) is 75.2 Å². The zero-order valence-electron chi connectivity index (χ0n) is 14.1. The summed E-state index contributed by atoms with van der Waals surface area (Å²) in [5.41, 5.74) is 0. The second-order valence-corrected chi connectivity index (χ2v) is 5.53. The van der Waals surface area contributed by atoms with Crippen LogP contribution in [0.25, 0.3) is 0 Å². The van der Waals surface area contributed by atoms with Crippen LogP contribution in [0.15, 0.2) is 4.99 Å². The Morgan fingerprint density at radius 2 is 2.14 bits per heavy atom. The normalized spacial score (nSPS) is 18.3. The maximum atomic E-state index is 11.5. The molecule has 1 aliphatic heterocycles. The van der Waals surface area contributed by atoms with E-state index >= 15 is 0 Å². The molecule has 1 rings (SSSR count). The lowest BCUT2D eigenvalue weighted by Crippen LogP contribution is -2.39. The molecule has 7 heteroatoms. The smallest absolute Gasteiger partial charge is 0.223 e. The van der Waals surface area contributed by atoms with Gasteiger partial charge < -0.3 is 25.0 Å². The Morgan fingerprint density at radius 1 is 1.36 bits per heavy atom. The largest absolute Gasteiger partial charge is 0.379 e. The van der Waals surface area contributed by atoms with Crippen molar-refractivity contribution in [1.29, 1.82) is 0 Å². The van der Waals surface area contributed by atoms with Gasteiger partial charge in [-0.1, -0.05) is 0 Å². The fraction of sp³-hybridized carbons (Fsp3) is 0.867. The lowest BCUT2D eigenvalue weighted by Gasteiger charge is -2.14. The lowest BCUT2D eigenvalue weighted by atomic mass is 10.2. The molecule has 2 N–H and O–H groups in total. The van der Waals surface area contributed by atoms with Crippen molar-refractivity contribution < 1.29 is 14.3 Å². The lowest BCUT2D eigenvalue weighted by molar-refractivity contribution is -0.128. The highest BCUT2D eigenvalue weighted by Gasteiger charge is 2.14. The molecule has 0 aromatic heterocycles. The van der Waals surface area contributed by atoms with Crippen molar-refractivity contribution in [3.05, 3.63) is 0 Å². The first kappa shape index (κ1) is 18.7. The second-order valence-electron chi connectivity index (χ2n) is 5.53. The number of amides is 1. The zero-order chi connectivity index (χ0) is 16.2. The molecule has 22 heavy (non-hydrogen) atoms. The average Bonchev–Trinajstić information content (AvgIpc) is 3.01. The molecule has 1 unspecified atom stereocenters. The Morgan fingerprint density at radius 3 is 2.77 bits per heavy atom. The maximum Gasteiger partial charge on any atom is 0.223 e. The van der Waals surface area contributed by atoms with E-state index in [1.165, 1.54) is 0 Å². The number of carbonyl (C=O) groups excluding carboxylic acids is 1. The van der Waals surface area contributed by atoms with Crippen LogP contribution in [-0.4, -0.2) is 76.9 Å². The first-order valence-electron chi connectivity index (χ1n) is 7.97. The van der Waals surface area contributed by atoms with Gasteiger partial charge in [-0.05, 0) is 19.3 Å². The maximum absolute atomic E-state index is 11.5. The van der Waals surface area contributed by atoms with Gasteiger partial charge in [0, 0.05) is 53.9 Å². The van der Waals surface area contributed by atoms with Crippen LogP contribution in [0.4, 0.5) is 0 Å². The van der Waals surface area contributed by atoms with Crippen LogP contribution in [0, 0.1) is 0 Å². The minimum atomic E-state index is 0.102. The molecule has 1 fully saturated rings. The molecule has 1 aliphatic rings. The summed E-state index contributed by atoms with van der Waals surface area (Å²) in [7, 11) is 5.23. The number of rotatable bonds is 9. The molecule has 0 bridgehead atoms. The molecule has 0 aliphatic carbocycles. The van der Waals surface area contributed by atoms with E-state index in [1.54, 1.807) is 26.0 Å². The number of aliphatic imine (C=N–C) groups is 1. The molecule has 1 atom stereocenters. The first-order valence-corrected chi connectivity index (χ1v) is 7.97. The fourth-order valence-corrected chi connectivity index (χ4v) is 2.10. The summed E-state index contributed by atoms with van der Waals surface area (Å²) in [6.07, 6.45) is 3.91. The van der Waals surface area contributed by atoms with Gasteiger partial charge in [0.15, 0.2) is 5.96 Å². The highest BCUT2D eigenvalue weighted by atomic mass is 16.5. The highest BCUT2D eigenvalue weighted by molar-refractivity contribution is 5.81. The van der Waals surface area contributed by atoms with Gasteiger partial charge in [-0.3, -0.25) is 9.79 Å². The van der Waals surface area contributed by atoms with E-state index in [2.05, 4.69) is 15.6 Å². The summed E-state index contributed by atoms with van der Waals surface area (Å²) < 4.78 is 11.1. The van der Waals surface area contributed by atoms with E-state index < -0.39 is 0 Å². The second kappa shape index (κ2) is 11.3. The number of guanidine groups is 1. The van der Waals surface area contributed by atoms with E-state index in [-0.39, 0.29) is 12.0 Å². The molecular formula is C15H30N4O3. The van der Waals surface area contributed by atoms with Crippen molar-refractivity contribution in [1.82, 2.24) is 15.5 Å². The molecule has 7 nitrogen and oxygen atoms in total. The van der Waals surface area contributed by atoms with Crippen LogP contribution in [0.3, 0.4) is 0 Å². The molecule has 1 amide bonds. The number of ether oxygens (including phenoxy) is 2. The van der Waals surface area contributed by atoms with Gasteiger partial charge in [-0.2, -0.15) is 0 Å². The monoisotopic (exact) mass is 314 g/mol. The van der Waals surface area contributed by atoms with Crippen LogP contribution in [0.5, 0.6) is 0 Å². The molecule has 0 aromatic carbocycles. The van der Waals surface area contributed by atoms with Gasteiger partial charge in [0.05, 0.1) is 12.7 Å². The van der Waals surface area contributed by atoms with Crippen molar-refractivity contribution in [3.8, 4) is 0 Å². The van der Waals surface area contributed by atoms with Gasteiger partial charge >= 0.3 is 0 Å². The Hall–Kier alpha value is -1.34. The molecule has 0 spiro atoms. The van der Waals surface area contributed by atoms with E-state index in [0.717, 1.165) is 32.4 Å². The molecule has 128 valence electrons. The van der Waals surface area contributed by atoms with Crippen LogP contribution in [-0.2, 0) is 14.3 Å². The molecule has 0 saturated carbocycles. The van der Waals surface area contributed by atoms with Gasteiger partial charge in [-0.15, -0.1) is 0 Å². The Balaban J connectivity index is 1.98. The number of nitrogens with zero attached hydrogens (tertiary/aromatic N) is 2. The van der Waals surface area contributed by atoms with E-state index in [4.69, 9.17) is 9.47 Å². The number of carbonyl (C=O) groups is 1. The third kappa shape index (κ3) is 8.19. The van der Waals surface area contributed by atoms with Crippen molar-refractivity contribution in [2.45, 2.75) is 31.8 Å². The predicted octanol–water partition coefficient (Wildman–Crippen LogP) is 0.215. The first-order chi connectivity index (χ1) is 10.6. The van der Waals surface area contributed by atoms with Gasteiger partial charge in [0.2, 0.25) is 5.91 Å². The number of hydrogen-bond acceptors (Lipinski definition) is 4. The molecule has 1 heterocycles. The zero-order valence-corrected chi connectivity index (χ0v) is 14.1. The molecular weight excluding hydrogens is 284 g/mol. The molecule has 0 radical (unpaired) electrons. The van der Waals surface area contributed by atoms with Gasteiger partial charge in [0.25, 0.3) is 0 Å². The summed E-state index contributed by atoms with van der Waals surface area (Å²) in [4.78, 5) is 17.2. The minimum absolute atomic E-state index is 0.102. The Kier molecular flexibility index (Phi) is 9.57. The Bertz CT molecular complexity index is 342. The predicted molar refractivity (Wildman–Crippen MR) is 87.1 cm³/mol. The highest BCUT2D eigenvalue weighted by Crippen LogP contribution is 2.11. The summed E-state index contributed by atoms with van der Waals surface area (Å²) in [6.45, 7) is 3.63. The van der Waals surface area contributed by atoms with Gasteiger partial charge in [0.1, 0.15) is 0 Å². The summed E-state index contributed by atoms with van der Waals surface area (Å²) in [5, 5.41) is 6.32. The third-order valence-electron chi connectivity index (χ3n) is 3.44. The van der Waals surface area contributed by atoms with E-state index in [0.29, 0.717) is 32.1 Å².